The fourth-order valence-corrected chi connectivity index (χ4v) is 2.96. The molecule has 88 valence electrons. The van der Waals surface area contributed by atoms with Gasteiger partial charge in [-0.15, -0.1) is 0 Å². The molecule has 0 bridgehead atoms. The molecular weight excluding hydrogens is 292 g/mol. The lowest BCUT2D eigenvalue weighted by atomic mass is 9.79. The summed E-state index contributed by atoms with van der Waals surface area (Å²) in [6.07, 6.45) is 4.38. The lowest BCUT2D eigenvalue weighted by molar-refractivity contribution is 0.449. The maximum absolute atomic E-state index is 13.6. The topological polar surface area (TPSA) is 26.0 Å². The van der Waals surface area contributed by atoms with Crippen LogP contribution in [0.1, 0.15) is 31.2 Å². The Kier molecular flexibility index (Phi) is 3.57. The number of hydrogen-bond donors (Lipinski definition) is 1. The molecule has 1 aliphatic rings. The largest absolute Gasteiger partial charge is 0.330 e. The summed E-state index contributed by atoms with van der Waals surface area (Å²) < 4.78 is 14.0. The second-order valence-electron chi connectivity index (χ2n) is 4.45. The first-order valence-corrected chi connectivity index (χ1v) is 6.61. The Bertz CT molecular complexity index is 379. The van der Waals surface area contributed by atoms with Gasteiger partial charge in [0.1, 0.15) is 5.82 Å². The molecule has 1 saturated carbocycles. The number of benzene rings is 1. The Labute approximate surface area is 108 Å². The highest BCUT2D eigenvalue weighted by molar-refractivity contribution is 9.10. The minimum absolute atomic E-state index is 0.0643. The predicted molar refractivity (Wildman–Crippen MR) is 68.3 cm³/mol. The third kappa shape index (κ3) is 2.01. The van der Waals surface area contributed by atoms with E-state index in [9.17, 15) is 4.39 Å². The zero-order valence-corrected chi connectivity index (χ0v) is 11.2. The maximum atomic E-state index is 13.6. The Hall–Kier alpha value is -0.120. The van der Waals surface area contributed by atoms with Gasteiger partial charge in [0.05, 0.1) is 9.50 Å². The summed E-state index contributed by atoms with van der Waals surface area (Å²) in [5.41, 5.74) is 6.74. The van der Waals surface area contributed by atoms with E-state index in [-0.39, 0.29) is 11.2 Å². The zero-order chi connectivity index (χ0) is 11.8. The quantitative estimate of drug-likeness (QED) is 0.821. The van der Waals surface area contributed by atoms with Crippen molar-refractivity contribution < 1.29 is 4.39 Å². The van der Waals surface area contributed by atoms with Gasteiger partial charge in [-0.3, -0.25) is 0 Å². The first-order valence-electron chi connectivity index (χ1n) is 5.44. The molecule has 0 atom stereocenters. The van der Waals surface area contributed by atoms with Crippen molar-refractivity contribution in [3.8, 4) is 0 Å². The summed E-state index contributed by atoms with van der Waals surface area (Å²) >= 11 is 9.11. The van der Waals surface area contributed by atoms with Crippen molar-refractivity contribution in [2.24, 2.45) is 5.73 Å². The summed E-state index contributed by atoms with van der Waals surface area (Å²) in [4.78, 5) is 0. The molecule has 4 heteroatoms. The van der Waals surface area contributed by atoms with Crippen molar-refractivity contribution in [1.82, 2.24) is 0 Å². The molecule has 2 rings (SSSR count). The maximum Gasteiger partial charge on any atom is 0.139 e. The average Bonchev–Trinajstić information content (AvgIpc) is 2.75. The van der Waals surface area contributed by atoms with Gasteiger partial charge in [0.25, 0.3) is 0 Å². The Morgan fingerprint density at radius 2 is 2.00 bits per heavy atom. The van der Waals surface area contributed by atoms with Crippen LogP contribution >= 0.6 is 27.5 Å². The number of nitrogens with two attached hydrogens (primary N) is 1. The third-order valence-corrected chi connectivity index (χ3v) is 4.88. The summed E-state index contributed by atoms with van der Waals surface area (Å²) in [5, 5.41) is 0.426. The van der Waals surface area contributed by atoms with E-state index in [0.29, 0.717) is 16.0 Å². The van der Waals surface area contributed by atoms with Crippen LogP contribution in [0.25, 0.3) is 0 Å². The van der Waals surface area contributed by atoms with Crippen molar-refractivity contribution in [2.45, 2.75) is 31.1 Å². The molecule has 0 saturated heterocycles. The Balaban J connectivity index is 2.47. The molecule has 0 amide bonds. The Morgan fingerprint density at radius 1 is 1.38 bits per heavy atom. The lowest BCUT2D eigenvalue weighted by Gasteiger charge is -2.28. The van der Waals surface area contributed by atoms with E-state index in [2.05, 4.69) is 15.9 Å². The minimum atomic E-state index is -0.303. The molecule has 1 aromatic carbocycles. The molecule has 0 spiro atoms. The van der Waals surface area contributed by atoms with Gasteiger partial charge in [-0.2, -0.15) is 0 Å². The van der Waals surface area contributed by atoms with Gasteiger partial charge in [0.15, 0.2) is 0 Å². The average molecular weight is 307 g/mol. The fourth-order valence-electron chi connectivity index (χ4n) is 2.52. The van der Waals surface area contributed by atoms with Crippen LogP contribution in [0.15, 0.2) is 16.6 Å². The molecule has 0 unspecified atom stereocenters. The smallest absolute Gasteiger partial charge is 0.139 e. The van der Waals surface area contributed by atoms with Crippen LogP contribution in [0.4, 0.5) is 4.39 Å². The highest BCUT2D eigenvalue weighted by atomic mass is 79.9. The van der Waals surface area contributed by atoms with Crippen molar-refractivity contribution in [3.05, 3.63) is 33.0 Å². The van der Waals surface area contributed by atoms with Gasteiger partial charge in [0.2, 0.25) is 0 Å². The van der Waals surface area contributed by atoms with E-state index in [0.717, 1.165) is 31.2 Å². The van der Waals surface area contributed by atoms with Gasteiger partial charge >= 0.3 is 0 Å². The van der Waals surface area contributed by atoms with Crippen molar-refractivity contribution in [3.63, 3.8) is 0 Å². The summed E-state index contributed by atoms with van der Waals surface area (Å²) in [6, 6.07) is 3.40. The van der Waals surface area contributed by atoms with E-state index >= 15 is 0 Å². The van der Waals surface area contributed by atoms with Crippen molar-refractivity contribution in [2.75, 3.05) is 6.54 Å². The molecule has 0 aliphatic heterocycles. The first kappa shape index (κ1) is 12.3. The summed E-state index contributed by atoms with van der Waals surface area (Å²) in [7, 11) is 0. The molecule has 0 aromatic heterocycles. The van der Waals surface area contributed by atoms with Crippen molar-refractivity contribution >= 4 is 27.5 Å². The van der Waals surface area contributed by atoms with E-state index in [4.69, 9.17) is 17.3 Å². The SMILES string of the molecule is NCC1(c2cc(F)c(Br)c(Cl)c2)CCCC1. The molecule has 2 N–H and O–H groups in total. The Morgan fingerprint density at radius 3 is 2.50 bits per heavy atom. The van der Waals surface area contributed by atoms with Gasteiger partial charge in [-0.05, 0) is 46.5 Å². The van der Waals surface area contributed by atoms with E-state index in [1.807, 2.05) is 6.07 Å². The fraction of sp³-hybridized carbons (Fsp3) is 0.500. The standard InChI is InChI=1S/C12H14BrClFN/c13-11-9(14)5-8(6-10(11)15)12(7-16)3-1-2-4-12/h5-6H,1-4,7,16H2. The van der Waals surface area contributed by atoms with Crippen LogP contribution in [0.3, 0.4) is 0 Å². The van der Waals surface area contributed by atoms with E-state index in [1.165, 1.54) is 0 Å². The second-order valence-corrected chi connectivity index (χ2v) is 5.65. The molecule has 0 radical (unpaired) electrons. The van der Waals surface area contributed by atoms with Gasteiger partial charge in [-0.25, -0.2) is 4.39 Å². The van der Waals surface area contributed by atoms with Crippen LogP contribution in [0.2, 0.25) is 5.02 Å². The van der Waals surface area contributed by atoms with Gasteiger partial charge < -0.3 is 5.73 Å². The van der Waals surface area contributed by atoms with Crippen LogP contribution in [0.5, 0.6) is 0 Å². The zero-order valence-electron chi connectivity index (χ0n) is 8.90. The molecular formula is C12H14BrClFN. The monoisotopic (exact) mass is 305 g/mol. The third-order valence-electron chi connectivity index (χ3n) is 3.55. The van der Waals surface area contributed by atoms with Gasteiger partial charge in [-0.1, -0.05) is 24.4 Å². The highest BCUT2D eigenvalue weighted by Gasteiger charge is 2.35. The summed E-state index contributed by atoms with van der Waals surface area (Å²) in [5.74, 6) is -0.303. The number of rotatable bonds is 2. The van der Waals surface area contributed by atoms with E-state index < -0.39 is 0 Å². The number of halogens is 3. The molecule has 1 nitrogen and oxygen atoms in total. The van der Waals surface area contributed by atoms with Gasteiger partial charge in [0, 0.05) is 12.0 Å². The lowest BCUT2D eigenvalue weighted by Crippen LogP contribution is -2.32. The molecule has 1 aliphatic carbocycles. The first-order chi connectivity index (χ1) is 7.59. The molecule has 1 fully saturated rings. The normalized spacial score (nSPS) is 19.0. The molecule has 16 heavy (non-hydrogen) atoms. The van der Waals surface area contributed by atoms with E-state index in [1.54, 1.807) is 6.07 Å². The van der Waals surface area contributed by atoms with Crippen molar-refractivity contribution in [1.29, 1.82) is 0 Å². The predicted octanol–water partition coefficient (Wildman–Crippen LogP) is 4.01. The van der Waals surface area contributed by atoms with Crippen LogP contribution in [0, 0.1) is 5.82 Å². The highest BCUT2D eigenvalue weighted by Crippen LogP contribution is 2.42. The number of hydrogen-bond acceptors (Lipinski definition) is 1. The van der Waals surface area contributed by atoms with Crippen LogP contribution in [-0.2, 0) is 5.41 Å². The van der Waals surface area contributed by atoms with Crippen LogP contribution in [-0.4, -0.2) is 6.54 Å². The second kappa shape index (κ2) is 4.63. The molecule has 0 heterocycles. The minimum Gasteiger partial charge on any atom is -0.330 e. The summed E-state index contributed by atoms with van der Waals surface area (Å²) in [6.45, 7) is 0.560. The molecule has 1 aromatic rings. The van der Waals surface area contributed by atoms with Crippen LogP contribution < -0.4 is 5.73 Å².